The summed E-state index contributed by atoms with van der Waals surface area (Å²) in [5.41, 5.74) is 1.06. The van der Waals surface area contributed by atoms with E-state index in [1.165, 1.54) is 22.7 Å². The molecule has 1 heterocycles. The van der Waals surface area contributed by atoms with E-state index < -0.39 is 10.0 Å². The van der Waals surface area contributed by atoms with Crippen LogP contribution < -0.4 is 5.32 Å². The Bertz CT molecular complexity index is 783. The fourth-order valence-corrected chi connectivity index (χ4v) is 4.34. The highest BCUT2D eigenvalue weighted by Gasteiger charge is 2.21. The lowest BCUT2D eigenvalue weighted by Crippen LogP contribution is -2.31. The van der Waals surface area contributed by atoms with E-state index in [1.807, 2.05) is 0 Å². The third-order valence-corrected chi connectivity index (χ3v) is 6.47. The second-order valence-corrected chi connectivity index (χ2v) is 8.14. The summed E-state index contributed by atoms with van der Waals surface area (Å²) in [4.78, 5) is 0. The largest absolute Gasteiger partial charge is 0.383 e. The molecule has 0 aliphatic heterocycles. The number of anilines is 1. The molecule has 0 unspecified atom stereocenters. The van der Waals surface area contributed by atoms with E-state index in [2.05, 4.69) is 11.4 Å². The van der Waals surface area contributed by atoms with Gasteiger partial charge in [0.25, 0.3) is 10.0 Å². The summed E-state index contributed by atoms with van der Waals surface area (Å²) in [5, 5.41) is 14.3. The van der Waals surface area contributed by atoms with Crippen LogP contribution in [0.5, 0.6) is 0 Å². The summed E-state index contributed by atoms with van der Waals surface area (Å²) in [6, 6.07) is 10.2. The molecule has 1 N–H and O–H groups in total. The molecular formula is C14H14ClN3O2S2. The Hall–Kier alpha value is -1.59. The number of hydrogen-bond acceptors (Lipinski definition) is 5. The van der Waals surface area contributed by atoms with Crippen molar-refractivity contribution in [2.24, 2.45) is 0 Å². The third kappa shape index (κ3) is 3.78. The number of nitriles is 1. The minimum absolute atomic E-state index is 0.275. The molecule has 8 heteroatoms. The molecule has 22 heavy (non-hydrogen) atoms. The first-order chi connectivity index (χ1) is 10.4. The molecule has 0 spiro atoms. The van der Waals surface area contributed by atoms with Gasteiger partial charge in [-0.25, -0.2) is 8.42 Å². The Morgan fingerprint density at radius 1 is 1.41 bits per heavy atom. The quantitative estimate of drug-likeness (QED) is 0.864. The van der Waals surface area contributed by atoms with Crippen molar-refractivity contribution in [3.05, 3.63) is 46.3 Å². The molecule has 0 aliphatic carbocycles. The molecule has 0 fully saturated rings. The maximum atomic E-state index is 12.2. The lowest BCUT2D eigenvalue weighted by Gasteiger charge is -2.17. The van der Waals surface area contributed by atoms with Crippen molar-refractivity contribution >= 4 is 38.6 Å². The molecule has 0 aliphatic rings. The van der Waals surface area contributed by atoms with Crippen molar-refractivity contribution in [2.45, 2.75) is 4.21 Å². The Kier molecular flexibility index (Phi) is 5.42. The van der Waals surface area contributed by atoms with Crippen molar-refractivity contribution in [3.63, 3.8) is 0 Å². The lowest BCUT2D eigenvalue weighted by molar-refractivity contribution is 0.482. The van der Waals surface area contributed by atoms with Crippen LogP contribution in [0.3, 0.4) is 0 Å². The van der Waals surface area contributed by atoms with Gasteiger partial charge in [0, 0.05) is 25.2 Å². The Labute approximate surface area is 138 Å². The summed E-state index contributed by atoms with van der Waals surface area (Å²) in [5.74, 6) is 0. The van der Waals surface area contributed by atoms with Gasteiger partial charge in [0.15, 0.2) is 0 Å². The van der Waals surface area contributed by atoms with Crippen LogP contribution in [-0.2, 0) is 10.0 Å². The zero-order valence-electron chi connectivity index (χ0n) is 11.8. The molecule has 116 valence electrons. The highest BCUT2D eigenvalue weighted by Crippen LogP contribution is 2.21. The average Bonchev–Trinajstić information content (AvgIpc) is 3.02. The SMILES string of the molecule is CN(CCNc1cc(Cl)ccc1C#N)S(=O)(=O)c1cccs1. The van der Waals surface area contributed by atoms with Gasteiger partial charge in [-0.3, -0.25) is 0 Å². The van der Waals surface area contributed by atoms with Gasteiger partial charge < -0.3 is 5.32 Å². The number of nitrogens with one attached hydrogen (secondary N) is 1. The zero-order valence-corrected chi connectivity index (χ0v) is 14.2. The van der Waals surface area contributed by atoms with E-state index in [0.29, 0.717) is 27.0 Å². The number of nitrogens with zero attached hydrogens (tertiary/aromatic N) is 2. The molecule has 2 rings (SSSR count). The summed E-state index contributed by atoms with van der Waals surface area (Å²) >= 11 is 7.09. The number of hydrogen-bond donors (Lipinski definition) is 1. The van der Waals surface area contributed by atoms with Gasteiger partial charge in [-0.15, -0.1) is 11.3 Å². The Balaban J connectivity index is 2.00. The predicted molar refractivity (Wildman–Crippen MR) is 88.8 cm³/mol. The van der Waals surface area contributed by atoms with Gasteiger partial charge in [-0.05, 0) is 29.6 Å². The number of thiophene rings is 1. The highest BCUT2D eigenvalue weighted by atomic mass is 35.5. The van der Waals surface area contributed by atoms with Crippen molar-refractivity contribution < 1.29 is 8.42 Å². The van der Waals surface area contributed by atoms with E-state index in [1.54, 1.807) is 35.7 Å². The number of likely N-dealkylation sites (N-methyl/N-ethyl adjacent to an activating group) is 1. The van der Waals surface area contributed by atoms with Crippen LogP contribution in [0.4, 0.5) is 5.69 Å². The van der Waals surface area contributed by atoms with Crippen LogP contribution in [-0.4, -0.2) is 32.9 Å². The summed E-state index contributed by atoms with van der Waals surface area (Å²) in [7, 11) is -1.93. The van der Waals surface area contributed by atoms with Gasteiger partial charge in [0.1, 0.15) is 10.3 Å². The predicted octanol–water partition coefficient (Wildman–Crippen LogP) is 3.01. The molecule has 0 atom stereocenters. The number of sulfonamides is 1. The molecule has 0 saturated carbocycles. The minimum atomic E-state index is -3.45. The second kappa shape index (κ2) is 7.11. The molecule has 0 saturated heterocycles. The third-order valence-electron chi connectivity index (χ3n) is 3.00. The molecular weight excluding hydrogens is 342 g/mol. The van der Waals surface area contributed by atoms with Crippen LogP contribution in [0.25, 0.3) is 0 Å². The van der Waals surface area contributed by atoms with Crippen molar-refractivity contribution in [1.82, 2.24) is 4.31 Å². The summed E-state index contributed by atoms with van der Waals surface area (Å²) in [6.45, 7) is 0.647. The van der Waals surface area contributed by atoms with Gasteiger partial charge in [0.2, 0.25) is 0 Å². The Morgan fingerprint density at radius 2 is 2.18 bits per heavy atom. The van der Waals surface area contributed by atoms with Gasteiger partial charge in [0.05, 0.1) is 11.3 Å². The van der Waals surface area contributed by atoms with Crippen molar-refractivity contribution in [3.8, 4) is 6.07 Å². The summed E-state index contributed by atoms with van der Waals surface area (Å²) < 4.78 is 26.1. The first-order valence-corrected chi connectivity index (χ1v) is 9.08. The zero-order chi connectivity index (χ0) is 16.2. The first kappa shape index (κ1) is 16.8. The molecule has 0 radical (unpaired) electrons. The fourth-order valence-electron chi connectivity index (χ4n) is 1.79. The van der Waals surface area contributed by atoms with Gasteiger partial charge in [-0.1, -0.05) is 17.7 Å². The topological polar surface area (TPSA) is 73.2 Å². The molecule has 1 aromatic carbocycles. The molecule has 1 aromatic heterocycles. The molecule has 5 nitrogen and oxygen atoms in total. The number of halogens is 1. The van der Waals surface area contributed by atoms with Gasteiger partial charge in [-0.2, -0.15) is 9.57 Å². The number of benzene rings is 1. The van der Waals surface area contributed by atoms with E-state index in [4.69, 9.17) is 16.9 Å². The normalized spacial score (nSPS) is 11.4. The van der Waals surface area contributed by atoms with E-state index in [-0.39, 0.29) is 6.54 Å². The van der Waals surface area contributed by atoms with Gasteiger partial charge >= 0.3 is 0 Å². The maximum absolute atomic E-state index is 12.2. The van der Waals surface area contributed by atoms with Crippen LogP contribution in [0.2, 0.25) is 5.02 Å². The standard InChI is InChI=1S/C14H14ClN3O2S2/c1-18(22(19,20)14-3-2-8-21-14)7-6-17-13-9-12(15)5-4-11(13)10-16/h2-5,8-9,17H,6-7H2,1H3. The monoisotopic (exact) mass is 355 g/mol. The smallest absolute Gasteiger partial charge is 0.252 e. The Morgan fingerprint density at radius 3 is 2.82 bits per heavy atom. The first-order valence-electron chi connectivity index (χ1n) is 6.38. The van der Waals surface area contributed by atoms with Crippen LogP contribution in [0, 0.1) is 11.3 Å². The van der Waals surface area contributed by atoms with Crippen LogP contribution >= 0.6 is 22.9 Å². The lowest BCUT2D eigenvalue weighted by atomic mass is 10.2. The second-order valence-electron chi connectivity index (χ2n) is 4.49. The number of rotatable bonds is 6. The van der Waals surface area contributed by atoms with E-state index in [9.17, 15) is 8.42 Å². The van der Waals surface area contributed by atoms with E-state index in [0.717, 1.165) is 0 Å². The average molecular weight is 356 g/mol. The molecule has 0 bridgehead atoms. The van der Waals surface area contributed by atoms with Crippen molar-refractivity contribution in [1.29, 1.82) is 5.26 Å². The van der Waals surface area contributed by atoms with Crippen LogP contribution in [0.15, 0.2) is 39.9 Å². The van der Waals surface area contributed by atoms with E-state index >= 15 is 0 Å². The molecule has 0 amide bonds. The maximum Gasteiger partial charge on any atom is 0.252 e. The van der Waals surface area contributed by atoms with Crippen LogP contribution in [0.1, 0.15) is 5.56 Å². The highest BCUT2D eigenvalue weighted by molar-refractivity contribution is 7.91. The summed E-state index contributed by atoms with van der Waals surface area (Å²) in [6.07, 6.45) is 0. The minimum Gasteiger partial charge on any atom is -0.383 e. The molecule has 2 aromatic rings. The van der Waals surface area contributed by atoms with Crippen molar-refractivity contribution in [2.75, 3.05) is 25.5 Å². The fraction of sp³-hybridized carbons (Fsp3) is 0.214.